The van der Waals surface area contributed by atoms with E-state index in [1.165, 1.54) is 0 Å². The zero-order valence-electron chi connectivity index (χ0n) is 12.1. The second-order valence-corrected chi connectivity index (χ2v) is 5.32. The van der Waals surface area contributed by atoms with Crippen molar-refractivity contribution in [1.29, 1.82) is 0 Å². The molecule has 1 aromatic rings. The molecule has 1 fully saturated rings. The zero-order chi connectivity index (χ0) is 13.7. The van der Waals surface area contributed by atoms with Gasteiger partial charge in [0.25, 0.3) is 0 Å². The monoisotopic (exact) mass is 298 g/mol. The number of carbonyl (C=O) groups excluding carboxylic acids is 1. The molecule has 2 N–H and O–H groups in total. The summed E-state index contributed by atoms with van der Waals surface area (Å²) in [4.78, 5) is 12.3. The third-order valence-electron chi connectivity index (χ3n) is 3.48. The summed E-state index contributed by atoms with van der Waals surface area (Å²) in [5, 5.41) is 6.22. The van der Waals surface area contributed by atoms with Crippen molar-refractivity contribution >= 4 is 24.0 Å². The molecule has 0 radical (unpaired) electrons. The summed E-state index contributed by atoms with van der Waals surface area (Å²) in [6.07, 6.45) is 1.85. The summed E-state index contributed by atoms with van der Waals surface area (Å²) in [7, 11) is 0. The summed E-state index contributed by atoms with van der Waals surface area (Å²) in [6, 6.07) is 7.57. The van der Waals surface area contributed by atoms with Gasteiger partial charge in [-0.05, 0) is 38.4 Å². The molecule has 1 atom stereocenters. The smallest absolute Gasteiger partial charge is 0.231 e. The molecule has 0 saturated carbocycles. The van der Waals surface area contributed by atoms with Gasteiger partial charge >= 0.3 is 0 Å². The fourth-order valence-corrected chi connectivity index (χ4v) is 2.18. The van der Waals surface area contributed by atoms with Gasteiger partial charge in [0.2, 0.25) is 5.91 Å². The van der Waals surface area contributed by atoms with E-state index in [2.05, 4.69) is 17.6 Å². The molecule has 0 spiro atoms. The fraction of sp³-hybridized carbons (Fsp3) is 0.533. The number of hydrogen-bond donors (Lipinski definition) is 2. The Hall–Kier alpha value is -1.26. The number of ether oxygens (including phenoxy) is 1. The number of carbonyl (C=O) groups is 1. The van der Waals surface area contributed by atoms with Crippen LogP contribution in [-0.4, -0.2) is 25.6 Å². The van der Waals surface area contributed by atoms with Gasteiger partial charge in [-0.2, -0.15) is 0 Å². The highest BCUT2D eigenvalue weighted by Gasteiger charge is 2.36. The maximum absolute atomic E-state index is 12.3. The molecule has 0 aromatic heterocycles. The molecule has 1 heterocycles. The normalized spacial score (nSPS) is 21.1. The number of rotatable bonds is 5. The first-order chi connectivity index (χ1) is 9.14. The van der Waals surface area contributed by atoms with Gasteiger partial charge in [0, 0.05) is 18.3 Å². The molecule has 1 aliphatic rings. The number of benzene rings is 1. The van der Waals surface area contributed by atoms with Gasteiger partial charge in [-0.1, -0.05) is 13.0 Å². The van der Waals surface area contributed by atoms with Crippen molar-refractivity contribution in [1.82, 2.24) is 5.32 Å². The predicted molar refractivity (Wildman–Crippen MR) is 83.7 cm³/mol. The van der Waals surface area contributed by atoms with E-state index in [0.29, 0.717) is 6.61 Å². The molecule has 1 aromatic carbocycles. The quantitative estimate of drug-likeness (QED) is 0.879. The van der Waals surface area contributed by atoms with Crippen molar-refractivity contribution in [2.75, 3.05) is 25.0 Å². The Balaban J connectivity index is 0.00000200. The Morgan fingerprint density at radius 1 is 1.50 bits per heavy atom. The van der Waals surface area contributed by atoms with Gasteiger partial charge in [-0.15, -0.1) is 12.4 Å². The zero-order valence-corrected chi connectivity index (χ0v) is 12.9. The molecule has 0 aliphatic carbocycles. The van der Waals surface area contributed by atoms with Crippen LogP contribution in [0.2, 0.25) is 0 Å². The minimum atomic E-state index is -0.305. The van der Waals surface area contributed by atoms with Crippen LogP contribution in [-0.2, 0) is 4.79 Å². The fourth-order valence-electron chi connectivity index (χ4n) is 2.18. The third-order valence-corrected chi connectivity index (χ3v) is 3.48. The maximum Gasteiger partial charge on any atom is 0.231 e. The van der Waals surface area contributed by atoms with Crippen LogP contribution in [0.5, 0.6) is 5.75 Å². The predicted octanol–water partition coefficient (Wildman–Crippen LogP) is 2.84. The Morgan fingerprint density at radius 3 is 2.95 bits per heavy atom. The lowest BCUT2D eigenvalue weighted by atomic mass is 9.89. The number of hydrogen-bond acceptors (Lipinski definition) is 3. The van der Waals surface area contributed by atoms with Gasteiger partial charge < -0.3 is 15.4 Å². The van der Waals surface area contributed by atoms with Gasteiger partial charge in [-0.3, -0.25) is 4.79 Å². The summed E-state index contributed by atoms with van der Waals surface area (Å²) >= 11 is 0. The van der Waals surface area contributed by atoms with E-state index >= 15 is 0 Å². The highest BCUT2D eigenvalue weighted by molar-refractivity contribution is 5.95. The topological polar surface area (TPSA) is 50.4 Å². The number of amides is 1. The first kappa shape index (κ1) is 16.8. The molecular formula is C15H23ClN2O2. The SMILES string of the molecule is CCCOc1cccc(NC(=O)C2(C)CCNC2)c1.Cl. The van der Waals surface area contributed by atoms with E-state index in [4.69, 9.17) is 4.74 Å². The Bertz CT molecular complexity index is 445. The summed E-state index contributed by atoms with van der Waals surface area (Å²) in [5.41, 5.74) is 0.493. The van der Waals surface area contributed by atoms with Crippen LogP contribution in [0.1, 0.15) is 26.7 Å². The molecule has 5 heteroatoms. The van der Waals surface area contributed by atoms with Crippen molar-refractivity contribution in [3.63, 3.8) is 0 Å². The van der Waals surface area contributed by atoms with Crippen LogP contribution in [0.25, 0.3) is 0 Å². The molecule has 2 rings (SSSR count). The lowest BCUT2D eigenvalue weighted by Crippen LogP contribution is -2.35. The molecular weight excluding hydrogens is 276 g/mol. The van der Waals surface area contributed by atoms with Crippen molar-refractivity contribution in [3.05, 3.63) is 24.3 Å². The maximum atomic E-state index is 12.3. The first-order valence-corrected chi connectivity index (χ1v) is 6.89. The second-order valence-electron chi connectivity index (χ2n) is 5.32. The molecule has 1 unspecified atom stereocenters. The molecule has 1 saturated heterocycles. The van der Waals surface area contributed by atoms with E-state index in [1.54, 1.807) is 0 Å². The van der Waals surface area contributed by atoms with Gasteiger partial charge in [0.05, 0.1) is 12.0 Å². The van der Waals surface area contributed by atoms with Crippen molar-refractivity contribution in [2.45, 2.75) is 26.7 Å². The third kappa shape index (κ3) is 4.12. The average molecular weight is 299 g/mol. The number of anilines is 1. The molecule has 1 amide bonds. The number of halogens is 1. The van der Waals surface area contributed by atoms with Gasteiger partial charge in [0.15, 0.2) is 0 Å². The Morgan fingerprint density at radius 2 is 2.30 bits per heavy atom. The lowest BCUT2D eigenvalue weighted by Gasteiger charge is -2.21. The van der Waals surface area contributed by atoms with E-state index in [-0.39, 0.29) is 23.7 Å². The van der Waals surface area contributed by atoms with Crippen LogP contribution in [0.4, 0.5) is 5.69 Å². The summed E-state index contributed by atoms with van der Waals surface area (Å²) < 4.78 is 5.56. The summed E-state index contributed by atoms with van der Waals surface area (Å²) in [6.45, 7) is 6.41. The van der Waals surface area contributed by atoms with E-state index in [9.17, 15) is 4.79 Å². The van der Waals surface area contributed by atoms with Crippen molar-refractivity contribution < 1.29 is 9.53 Å². The standard InChI is InChI=1S/C15H22N2O2.ClH/c1-3-9-19-13-6-4-5-12(10-13)17-14(18)15(2)7-8-16-11-15;/h4-6,10,16H,3,7-9,11H2,1-2H3,(H,17,18);1H. The van der Waals surface area contributed by atoms with Crippen LogP contribution in [0, 0.1) is 5.41 Å². The van der Waals surface area contributed by atoms with Gasteiger partial charge in [-0.25, -0.2) is 0 Å². The van der Waals surface area contributed by atoms with Crippen LogP contribution < -0.4 is 15.4 Å². The molecule has 4 nitrogen and oxygen atoms in total. The largest absolute Gasteiger partial charge is 0.494 e. The van der Waals surface area contributed by atoms with Crippen LogP contribution >= 0.6 is 12.4 Å². The van der Waals surface area contributed by atoms with E-state index < -0.39 is 0 Å². The second kappa shape index (κ2) is 7.50. The van der Waals surface area contributed by atoms with Crippen LogP contribution in [0.15, 0.2) is 24.3 Å². The lowest BCUT2D eigenvalue weighted by molar-refractivity contribution is -0.123. The van der Waals surface area contributed by atoms with E-state index in [1.807, 2.05) is 31.2 Å². The Kier molecular flexibility index (Phi) is 6.30. The molecule has 112 valence electrons. The number of nitrogens with one attached hydrogen (secondary N) is 2. The molecule has 0 bridgehead atoms. The minimum absolute atomic E-state index is 0. The highest BCUT2D eigenvalue weighted by atomic mass is 35.5. The van der Waals surface area contributed by atoms with Gasteiger partial charge in [0.1, 0.15) is 5.75 Å². The Labute approximate surface area is 126 Å². The average Bonchev–Trinajstić information content (AvgIpc) is 2.85. The molecule has 20 heavy (non-hydrogen) atoms. The minimum Gasteiger partial charge on any atom is -0.494 e. The van der Waals surface area contributed by atoms with Crippen LogP contribution in [0.3, 0.4) is 0 Å². The van der Waals surface area contributed by atoms with Crippen molar-refractivity contribution in [2.24, 2.45) is 5.41 Å². The first-order valence-electron chi connectivity index (χ1n) is 6.89. The van der Waals surface area contributed by atoms with Crippen molar-refractivity contribution in [3.8, 4) is 5.75 Å². The summed E-state index contributed by atoms with van der Waals surface area (Å²) in [5.74, 6) is 0.875. The highest BCUT2D eigenvalue weighted by Crippen LogP contribution is 2.27. The molecule has 1 aliphatic heterocycles. The van der Waals surface area contributed by atoms with E-state index in [0.717, 1.165) is 37.4 Å².